The van der Waals surface area contributed by atoms with Crippen LogP contribution in [0.25, 0.3) is 0 Å². The molecule has 0 aliphatic heterocycles. The van der Waals surface area contributed by atoms with Crippen LogP contribution in [0.1, 0.15) is 18.6 Å². The van der Waals surface area contributed by atoms with Crippen molar-refractivity contribution in [2.75, 3.05) is 12.9 Å². The maximum atomic E-state index is 11.9. The lowest BCUT2D eigenvalue weighted by atomic mass is 10.1. The van der Waals surface area contributed by atoms with E-state index in [1.165, 1.54) is 14.0 Å². The number of methoxy groups -OCH3 is 1. The molecule has 1 aromatic rings. The van der Waals surface area contributed by atoms with Crippen LogP contribution in [0.15, 0.2) is 24.3 Å². The van der Waals surface area contributed by atoms with Gasteiger partial charge in [-0.25, -0.2) is 8.42 Å². The maximum absolute atomic E-state index is 11.9. The van der Waals surface area contributed by atoms with E-state index in [9.17, 15) is 13.5 Å². The summed E-state index contributed by atoms with van der Waals surface area (Å²) in [4.78, 5) is 0. The Labute approximate surface area is 124 Å². The van der Waals surface area contributed by atoms with Gasteiger partial charge in [0.25, 0.3) is 0 Å². The Morgan fingerprint density at radius 2 is 1.83 bits per heavy atom. The number of sulfone groups is 1. The monoisotopic (exact) mass is 400 g/mol. The zero-order valence-corrected chi connectivity index (χ0v) is 13.9. The molecule has 1 atom stereocenters. The summed E-state index contributed by atoms with van der Waals surface area (Å²) in [6.07, 6.45) is -1.23. The zero-order valence-electron chi connectivity index (χ0n) is 9.93. The third-order valence-electron chi connectivity index (χ3n) is 2.54. The SMILES string of the molecule is CCS(=O)(=O)C(Br)(Br)C(O)c1ccc(OC)cc1. The van der Waals surface area contributed by atoms with E-state index in [1.54, 1.807) is 24.3 Å². The van der Waals surface area contributed by atoms with Crippen LogP contribution in [0.3, 0.4) is 0 Å². The predicted octanol–water partition coefficient (Wildman–Crippen LogP) is 2.61. The lowest BCUT2D eigenvalue weighted by molar-refractivity contribution is 0.188. The van der Waals surface area contributed by atoms with Crippen molar-refractivity contribution >= 4 is 41.7 Å². The van der Waals surface area contributed by atoms with E-state index >= 15 is 0 Å². The highest BCUT2D eigenvalue weighted by molar-refractivity contribution is 9.28. The van der Waals surface area contributed by atoms with Gasteiger partial charge in [-0.15, -0.1) is 0 Å². The highest BCUT2D eigenvalue weighted by atomic mass is 79.9. The summed E-state index contributed by atoms with van der Waals surface area (Å²) in [5.41, 5.74) is 0.474. The number of alkyl halides is 2. The van der Waals surface area contributed by atoms with Gasteiger partial charge >= 0.3 is 0 Å². The van der Waals surface area contributed by atoms with Crippen LogP contribution in [0.4, 0.5) is 0 Å². The van der Waals surface area contributed by atoms with E-state index < -0.39 is 18.5 Å². The van der Waals surface area contributed by atoms with Gasteiger partial charge in [0.1, 0.15) is 11.9 Å². The van der Waals surface area contributed by atoms with Gasteiger partial charge in [-0.1, -0.05) is 50.9 Å². The molecule has 1 aromatic carbocycles. The number of benzene rings is 1. The van der Waals surface area contributed by atoms with Gasteiger partial charge < -0.3 is 9.84 Å². The molecule has 0 aliphatic carbocycles. The molecule has 0 bridgehead atoms. The molecule has 0 spiro atoms. The van der Waals surface area contributed by atoms with Crippen molar-refractivity contribution in [2.24, 2.45) is 0 Å². The van der Waals surface area contributed by atoms with E-state index in [-0.39, 0.29) is 5.75 Å². The molecule has 0 radical (unpaired) electrons. The molecule has 0 aromatic heterocycles. The number of halogens is 2. The Balaban J connectivity index is 3.09. The lowest BCUT2D eigenvalue weighted by Crippen LogP contribution is -2.33. The summed E-state index contributed by atoms with van der Waals surface area (Å²) < 4.78 is 27.2. The summed E-state index contributed by atoms with van der Waals surface area (Å²) in [7, 11) is -1.97. The van der Waals surface area contributed by atoms with Gasteiger partial charge in [-0.2, -0.15) is 0 Å². The van der Waals surface area contributed by atoms with Crippen LogP contribution in [-0.4, -0.2) is 29.0 Å². The standard InChI is InChI=1S/C11H14Br2O4S/c1-3-18(15,16)11(12,13)10(14)8-4-6-9(17-2)7-5-8/h4-7,10,14H,3H2,1-2H3. The first-order valence-corrected chi connectivity index (χ1v) is 8.42. The van der Waals surface area contributed by atoms with Gasteiger partial charge in [0.15, 0.2) is 9.84 Å². The summed E-state index contributed by atoms with van der Waals surface area (Å²) in [6, 6.07) is 6.55. The molecule has 7 heteroatoms. The number of hydrogen-bond donors (Lipinski definition) is 1. The van der Waals surface area contributed by atoms with Crippen molar-refractivity contribution in [3.8, 4) is 5.75 Å². The lowest BCUT2D eigenvalue weighted by Gasteiger charge is -2.26. The molecular formula is C11H14Br2O4S. The van der Waals surface area contributed by atoms with Crippen molar-refractivity contribution in [1.82, 2.24) is 0 Å². The van der Waals surface area contributed by atoms with E-state index in [2.05, 4.69) is 31.9 Å². The number of rotatable bonds is 5. The van der Waals surface area contributed by atoms with Crippen LogP contribution in [0.2, 0.25) is 0 Å². The van der Waals surface area contributed by atoms with E-state index in [4.69, 9.17) is 4.74 Å². The Morgan fingerprint density at radius 3 is 2.22 bits per heavy atom. The molecule has 0 saturated carbocycles. The fourth-order valence-electron chi connectivity index (χ4n) is 1.34. The summed E-state index contributed by atoms with van der Waals surface area (Å²) in [5, 5.41) is 10.2. The molecule has 4 nitrogen and oxygen atoms in total. The second-order valence-electron chi connectivity index (χ2n) is 3.64. The van der Waals surface area contributed by atoms with Crippen LogP contribution in [-0.2, 0) is 9.84 Å². The Morgan fingerprint density at radius 1 is 1.33 bits per heavy atom. The normalized spacial score (nSPS) is 14.3. The van der Waals surface area contributed by atoms with Gasteiger partial charge in [-0.3, -0.25) is 0 Å². The minimum Gasteiger partial charge on any atom is -0.497 e. The number of aliphatic hydroxyl groups excluding tert-OH is 1. The second-order valence-corrected chi connectivity index (χ2v) is 10.7. The van der Waals surface area contributed by atoms with Crippen molar-refractivity contribution in [2.45, 2.75) is 15.6 Å². The van der Waals surface area contributed by atoms with Crippen molar-refractivity contribution < 1.29 is 18.3 Å². The van der Waals surface area contributed by atoms with E-state index in [0.29, 0.717) is 11.3 Å². The highest BCUT2D eigenvalue weighted by Crippen LogP contribution is 2.44. The van der Waals surface area contributed by atoms with Crippen LogP contribution >= 0.6 is 31.9 Å². The minimum absolute atomic E-state index is 0.0866. The Hall–Kier alpha value is -0.110. The van der Waals surface area contributed by atoms with Gasteiger partial charge in [0, 0.05) is 5.75 Å². The average Bonchev–Trinajstić information content (AvgIpc) is 2.37. The van der Waals surface area contributed by atoms with Gasteiger partial charge in [0.05, 0.1) is 7.11 Å². The molecule has 0 heterocycles. The van der Waals surface area contributed by atoms with Crippen LogP contribution < -0.4 is 4.74 Å². The average molecular weight is 402 g/mol. The van der Waals surface area contributed by atoms with Crippen molar-refractivity contribution in [3.63, 3.8) is 0 Å². The summed E-state index contributed by atoms with van der Waals surface area (Å²) in [5.74, 6) is 0.551. The largest absolute Gasteiger partial charge is 0.497 e. The maximum Gasteiger partial charge on any atom is 0.210 e. The van der Waals surface area contributed by atoms with Crippen molar-refractivity contribution in [1.29, 1.82) is 0 Å². The molecule has 1 rings (SSSR count). The van der Waals surface area contributed by atoms with Crippen molar-refractivity contribution in [3.05, 3.63) is 29.8 Å². The molecule has 0 fully saturated rings. The smallest absolute Gasteiger partial charge is 0.210 e. The minimum atomic E-state index is -3.51. The highest BCUT2D eigenvalue weighted by Gasteiger charge is 2.45. The molecule has 18 heavy (non-hydrogen) atoms. The number of hydrogen-bond acceptors (Lipinski definition) is 4. The molecule has 102 valence electrons. The topological polar surface area (TPSA) is 63.6 Å². The third-order valence-corrected chi connectivity index (χ3v) is 8.18. The molecular weight excluding hydrogens is 388 g/mol. The number of aliphatic hydroxyl groups is 1. The first-order valence-electron chi connectivity index (χ1n) is 5.18. The summed E-state index contributed by atoms with van der Waals surface area (Å²) >= 11 is 6.10. The van der Waals surface area contributed by atoms with E-state index in [1.807, 2.05) is 0 Å². The second kappa shape index (κ2) is 5.90. The van der Waals surface area contributed by atoms with E-state index in [0.717, 1.165) is 0 Å². The Bertz CT molecular complexity index is 496. The fraction of sp³-hybridized carbons (Fsp3) is 0.455. The van der Waals surface area contributed by atoms with Gasteiger partial charge in [-0.05, 0) is 17.7 Å². The quantitative estimate of drug-likeness (QED) is 0.770. The zero-order chi connectivity index (χ0) is 14.0. The number of ether oxygens (including phenoxy) is 1. The molecule has 0 saturated heterocycles. The molecule has 0 aliphatic rings. The third kappa shape index (κ3) is 3.07. The Kier molecular flexibility index (Phi) is 5.22. The first kappa shape index (κ1) is 15.9. The van der Waals surface area contributed by atoms with Crippen LogP contribution in [0, 0.1) is 0 Å². The van der Waals surface area contributed by atoms with Crippen LogP contribution in [0.5, 0.6) is 5.75 Å². The first-order chi connectivity index (χ1) is 8.26. The molecule has 1 N–H and O–H groups in total. The molecule has 0 amide bonds. The summed E-state index contributed by atoms with van der Waals surface area (Å²) in [6.45, 7) is 1.52. The fourth-order valence-corrected chi connectivity index (χ4v) is 4.11. The molecule has 1 unspecified atom stereocenters. The predicted molar refractivity (Wildman–Crippen MR) is 78.0 cm³/mol. The van der Waals surface area contributed by atoms with Gasteiger partial charge in [0.2, 0.25) is 2.57 Å².